The first-order chi connectivity index (χ1) is 67.6. The summed E-state index contributed by atoms with van der Waals surface area (Å²) in [6.07, 6.45) is 13.6. The van der Waals surface area contributed by atoms with E-state index in [0.717, 1.165) is 289 Å². The van der Waals surface area contributed by atoms with Crippen molar-refractivity contribution in [1.29, 1.82) is 0 Å². The number of aromatic amines is 7. The third kappa shape index (κ3) is 26.0. The van der Waals surface area contributed by atoms with Gasteiger partial charge in [0.05, 0.1) is 36.1 Å². The molecule has 0 saturated carbocycles. The summed E-state index contributed by atoms with van der Waals surface area (Å²) in [7, 11) is 14.2. The summed E-state index contributed by atoms with van der Waals surface area (Å²) in [6.45, 7) is 25.7. The Morgan fingerprint density at radius 2 is 0.743 bits per heavy atom. The second-order valence-electron chi connectivity index (χ2n) is 39.7. The Balaban J connectivity index is 0.000000124. The van der Waals surface area contributed by atoms with Crippen LogP contribution in [0.15, 0.2) is 209 Å². The number of phenolic OH excluding ortho intramolecular Hbond substituents is 1. The smallest absolute Gasteiger partial charge is 0.257 e. The van der Waals surface area contributed by atoms with Crippen molar-refractivity contribution in [2.24, 2.45) is 0 Å². The number of H-pyrrole nitrogens is 7. The van der Waals surface area contributed by atoms with Gasteiger partial charge in [-0.2, -0.15) is 0 Å². The molecule has 742 valence electrons. The number of likely N-dealkylation sites (N-methyl/N-ethyl adjacent to an activating group) is 2. The molecule has 7 aromatic carbocycles. The molecular weight excluding hydrogens is 1760 g/mol. The van der Waals surface area contributed by atoms with Crippen molar-refractivity contribution in [2.75, 3.05) is 190 Å². The van der Waals surface area contributed by atoms with Crippen LogP contribution in [0.4, 0.5) is 11.6 Å². The van der Waals surface area contributed by atoms with Gasteiger partial charge in [-0.15, -0.1) is 0 Å². The molecule has 7 fully saturated rings. The minimum Gasteiger partial charge on any atom is -0.508 e. The van der Waals surface area contributed by atoms with Crippen molar-refractivity contribution in [3.63, 3.8) is 0 Å². The number of hydrogen-bond donors (Lipinski definition) is 10. The van der Waals surface area contributed by atoms with E-state index >= 15 is 0 Å². The predicted octanol–water partition coefficient (Wildman–Crippen LogP) is 14.1. The van der Waals surface area contributed by atoms with Crippen LogP contribution in [0.3, 0.4) is 0 Å². The van der Waals surface area contributed by atoms with Crippen LogP contribution in [0, 0.1) is 27.7 Å². The van der Waals surface area contributed by atoms with Crippen molar-refractivity contribution in [2.45, 2.75) is 141 Å². The topological polar surface area (TPSA) is 338 Å². The first-order valence-corrected chi connectivity index (χ1v) is 50.0. The fourth-order valence-corrected chi connectivity index (χ4v) is 20.6. The lowest BCUT2D eigenvalue weighted by Crippen LogP contribution is -2.53. The van der Waals surface area contributed by atoms with Crippen LogP contribution >= 0.6 is 0 Å². The average molecular weight is 1900 g/mol. The summed E-state index contributed by atoms with van der Waals surface area (Å²) < 4.78 is 10.3. The Morgan fingerprint density at radius 1 is 0.350 bits per heavy atom. The molecule has 0 aliphatic carbocycles. The highest BCUT2D eigenvalue weighted by atomic mass is 16.7. The highest BCUT2D eigenvalue weighted by Crippen LogP contribution is 2.34. The number of nitrogens with one attached hydrogen (secondary N) is 7. The van der Waals surface area contributed by atoms with Crippen LogP contribution in [0.25, 0.3) is 75.4 Å². The zero-order valence-corrected chi connectivity index (χ0v) is 83.4. The van der Waals surface area contributed by atoms with Gasteiger partial charge in [-0.1, -0.05) is 90.5 Å². The maximum absolute atomic E-state index is 12.4. The molecule has 7 aromatic heterocycles. The molecule has 10 N–H and O–H groups in total. The van der Waals surface area contributed by atoms with Gasteiger partial charge >= 0.3 is 0 Å². The number of fused-ring (bicyclic) bond motifs is 7. The number of piperidine rings is 4. The monoisotopic (exact) mass is 1900 g/mol. The number of aliphatic hydroxyl groups excluding tert-OH is 2. The lowest BCUT2D eigenvalue weighted by atomic mass is 9.92. The van der Waals surface area contributed by atoms with Gasteiger partial charge in [-0.05, 0) is 364 Å². The second kappa shape index (κ2) is 47.8. The SMILES string of the molecule is CN1CCC(c2cc3ccc(O)cc3c(=O)[nH]2)CC1.COCOc1ccc2cc(C3CCN(C)CC3)[nH]c(=O)c2c1.Cc1ccc2cc(C3CCN(C)CC3)[nH]c(=O)c2c1.Cc1cccc2c(=O)[nH]c(N3CCN(C)C(CO)C3)cc12.Cc1cccc2c(=O)[nH]c(N3CCN(C)[C@H](CO)C3)cc12.Cc1cccc2cc(C3CCN(C)CC3)[nH]c(=O)c12.O=c1[nH]c(CCCN2CCCC2)cc2ccccc12. The summed E-state index contributed by atoms with van der Waals surface area (Å²) in [5, 5.41) is 40.5. The number of likely N-dealkylation sites (tertiary alicyclic amines) is 5. The number of ether oxygens (including phenoxy) is 2. The van der Waals surface area contributed by atoms with Crippen LogP contribution in [-0.2, 0) is 11.2 Å². The van der Waals surface area contributed by atoms with Gasteiger partial charge in [0.15, 0.2) is 6.79 Å². The zero-order chi connectivity index (χ0) is 98.8. The Labute approximate surface area is 818 Å². The van der Waals surface area contributed by atoms with Crippen molar-refractivity contribution in [3.8, 4) is 11.5 Å². The molecule has 1 unspecified atom stereocenters. The maximum atomic E-state index is 12.4. The third-order valence-electron chi connectivity index (χ3n) is 29.6. The molecule has 0 amide bonds. The van der Waals surface area contributed by atoms with Gasteiger partial charge < -0.3 is 94.0 Å². The number of pyridine rings is 7. The molecule has 7 aliphatic heterocycles. The molecule has 0 bridgehead atoms. The number of hydrogen-bond acceptors (Lipinski definition) is 21. The van der Waals surface area contributed by atoms with E-state index in [9.17, 15) is 48.9 Å². The standard InChI is InChI=1S/C17H22N2O3.2C16H21N3O2.3C16H20N2O.C15H18N2O2/c1-19-7-5-12(6-8-19)16-9-13-3-4-14(22-11-21-2)10-15(13)17(20)18-16;2*1-11-4-3-5-13-14(11)8-15(17-16(13)21)19-7-6-18(2)12(9-19)10-20;1-11-3-4-13-10-15(17-16(19)14(13)9-11)12-5-7-18(2)8-6-12;1-11-4-3-5-13-10-14(17-16(19)15(11)13)12-6-8-18(2)9-7-12;19-16-15-8-2-1-6-13(15)12-14(17-16)7-5-11-18-9-3-4-10-18;1-17-6-4-10(5-7-17)14-8-11-2-3-12(18)9-13(11)15(19)16-14/h3-4,9-10,12H,5-8,11H2,1-2H3,(H,18,20);2*3-5,8,12,20H,6-7,9-10H2,1-2H3,(H,17,21);3-4,9-10,12H,5-8H2,1-2H3,(H,17,19);3-5,10,12H,6-9H2,1-2H3,(H,17,19);1-2,6,8,12H,3-5,7,9-11H2,(H,17,19);2-3,8-10,18H,4-7H2,1H3,(H,16,19)/t;12-;;;;;/m.0...../s1. The molecule has 140 heavy (non-hydrogen) atoms. The number of rotatable bonds is 15. The molecule has 2 atom stereocenters. The number of methoxy groups -OCH3 is 1. The van der Waals surface area contributed by atoms with Crippen LogP contribution < -0.4 is 53.5 Å². The summed E-state index contributed by atoms with van der Waals surface area (Å²) in [6, 6.07) is 56.9. The Bertz CT molecular complexity index is 6790. The highest BCUT2D eigenvalue weighted by Gasteiger charge is 2.30. The average Bonchev–Trinajstić information content (AvgIpc) is 0.795. The number of nitrogens with zero attached hydrogens (tertiary/aromatic N) is 9. The number of anilines is 2. The lowest BCUT2D eigenvalue weighted by molar-refractivity contribution is 0.0512. The predicted molar refractivity (Wildman–Crippen MR) is 568 cm³/mol. The van der Waals surface area contributed by atoms with E-state index in [0.29, 0.717) is 40.2 Å². The number of aryl methyl sites for hydroxylation is 5. The third-order valence-corrected chi connectivity index (χ3v) is 29.6. The van der Waals surface area contributed by atoms with E-state index in [1.807, 2.05) is 157 Å². The molecule has 7 saturated heterocycles. The number of aromatic hydroxyl groups is 1. The molecule has 28 heteroatoms. The first-order valence-electron chi connectivity index (χ1n) is 50.0. The largest absolute Gasteiger partial charge is 0.508 e. The lowest BCUT2D eigenvalue weighted by Gasteiger charge is -2.39. The van der Waals surface area contributed by atoms with Gasteiger partial charge in [-0.25, -0.2) is 0 Å². The van der Waals surface area contributed by atoms with Gasteiger partial charge in [0.2, 0.25) is 0 Å². The normalized spacial score (nSPS) is 18.2. The summed E-state index contributed by atoms with van der Waals surface area (Å²) >= 11 is 0. The van der Waals surface area contributed by atoms with Gasteiger partial charge in [0.1, 0.15) is 23.1 Å². The molecule has 28 nitrogen and oxygen atoms in total. The molecule has 0 radical (unpaired) electrons. The van der Waals surface area contributed by atoms with E-state index in [4.69, 9.17) is 9.47 Å². The summed E-state index contributed by atoms with van der Waals surface area (Å²) in [5.41, 5.74) is 9.63. The Hall–Kier alpha value is -12.2. The molecule has 0 spiro atoms. The quantitative estimate of drug-likeness (QED) is 0.0426. The molecular formula is C112H142N16O12. The number of aromatic nitrogens is 7. The van der Waals surface area contributed by atoms with E-state index < -0.39 is 0 Å². The van der Waals surface area contributed by atoms with Crippen molar-refractivity contribution in [1.82, 2.24) is 69.2 Å². The fraction of sp³-hybridized carbons (Fsp3) is 0.438. The number of piperazine rings is 2. The molecule has 7 aliphatic rings. The van der Waals surface area contributed by atoms with Crippen molar-refractivity contribution >= 4 is 87.0 Å². The second-order valence-corrected chi connectivity index (χ2v) is 39.7. The molecule has 14 heterocycles. The fourth-order valence-electron chi connectivity index (χ4n) is 20.6. The minimum atomic E-state index is -0.109. The van der Waals surface area contributed by atoms with Crippen LogP contribution in [0.2, 0.25) is 0 Å². The first kappa shape index (κ1) is 102. The zero-order valence-electron chi connectivity index (χ0n) is 83.4. The summed E-state index contributed by atoms with van der Waals surface area (Å²) in [5.74, 6) is 4.32. The molecule has 14 aromatic rings. The van der Waals surface area contributed by atoms with Crippen LogP contribution in [0.1, 0.15) is 145 Å². The van der Waals surface area contributed by atoms with E-state index in [2.05, 4.69) is 144 Å². The summed E-state index contributed by atoms with van der Waals surface area (Å²) in [4.78, 5) is 127. The molecule has 21 rings (SSSR count). The van der Waals surface area contributed by atoms with Crippen molar-refractivity contribution in [3.05, 3.63) is 299 Å². The minimum absolute atomic E-state index is 0.0364. The Kier molecular flexibility index (Phi) is 34.9. The number of benzene rings is 7. The van der Waals surface area contributed by atoms with Crippen LogP contribution in [-0.4, -0.2) is 277 Å². The maximum Gasteiger partial charge on any atom is 0.257 e. The van der Waals surface area contributed by atoms with E-state index in [1.165, 1.54) is 32.0 Å². The van der Waals surface area contributed by atoms with Gasteiger partial charge in [0, 0.05) is 125 Å². The Morgan fingerprint density at radius 3 is 1.22 bits per heavy atom. The number of aliphatic hydroxyl groups is 2. The van der Waals surface area contributed by atoms with Gasteiger partial charge in [-0.3, -0.25) is 43.4 Å². The van der Waals surface area contributed by atoms with Gasteiger partial charge in [0.25, 0.3) is 38.9 Å². The number of phenols is 1. The van der Waals surface area contributed by atoms with Crippen LogP contribution in [0.5, 0.6) is 11.5 Å². The van der Waals surface area contributed by atoms with Crippen molar-refractivity contribution < 1.29 is 24.8 Å². The van der Waals surface area contributed by atoms with E-state index in [1.54, 1.807) is 25.3 Å². The highest BCUT2D eigenvalue weighted by molar-refractivity contribution is 5.90. The van der Waals surface area contributed by atoms with E-state index in [-0.39, 0.29) is 76.8 Å².